The minimum Gasteiger partial charge on any atom is -1.00 e. The van der Waals surface area contributed by atoms with Gasteiger partial charge in [-0.15, -0.1) is 0 Å². The largest absolute Gasteiger partial charge is 2.00 e. The molecule has 0 heterocycles. The quantitative estimate of drug-likeness (QED) is 0.610. The predicted molar refractivity (Wildman–Crippen MR) is 103 cm³/mol. The predicted octanol–water partition coefficient (Wildman–Crippen LogP) is 4.14. The Balaban J connectivity index is 0. The molecule has 120 valence electrons. The number of rotatable bonds is 6. The third kappa shape index (κ3) is 6.64. The van der Waals surface area contributed by atoms with Gasteiger partial charge in [0.15, 0.2) is 5.11 Å². The van der Waals surface area contributed by atoms with E-state index in [1.807, 2.05) is 62.4 Å². The summed E-state index contributed by atoms with van der Waals surface area (Å²) in [4.78, 5) is 0. The Kier molecular flexibility index (Phi) is 8.76. The molecule has 0 saturated heterocycles. The Morgan fingerprint density at radius 1 is 0.826 bits per heavy atom. The van der Waals surface area contributed by atoms with Crippen LogP contribution in [-0.2, 0) is 0 Å². The normalized spacial score (nSPS) is 9.48. The maximum Gasteiger partial charge on any atom is 2.00 e. The van der Waals surface area contributed by atoms with Gasteiger partial charge in [-0.3, -0.25) is 0 Å². The Hall–Kier alpha value is -1.50. The van der Waals surface area contributed by atoms with Crippen LogP contribution in [0.3, 0.4) is 0 Å². The SMILES string of the molecule is CCOc1ccc(NC(=S)Nc2ccc(OCC)cc2)cc1.[H-].[H-].[Mg+2]. The van der Waals surface area contributed by atoms with Crippen LogP contribution in [0.15, 0.2) is 48.5 Å². The van der Waals surface area contributed by atoms with Crippen molar-refractivity contribution in [2.24, 2.45) is 0 Å². The van der Waals surface area contributed by atoms with Crippen LogP contribution in [0.4, 0.5) is 11.4 Å². The fourth-order valence-corrected chi connectivity index (χ4v) is 2.13. The van der Waals surface area contributed by atoms with Crippen LogP contribution in [0.1, 0.15) is 16.7 Å². The first-order valence-corrected chi connectivity index (χ1v) is 7.65. The number of anilines is 2. The van der Waals surface area contributed by atoms with Gasteiger partial charge in [0.2, 0.25) is 0 Å². The van der Waals surface area contributed by atoms with E-state index < -0.39 is 0 Å². The first-order valence-electron chi connectivity index (χ1n) is 7.25. The second-order valence-corrected chi connectivity index (χ2v) is 4.90. The molecule has 0 spiro atoms. The van der Waals surface area contributed by atoms with E-state index in [9.17, 15) is 0 Å². The van der Waals surface area contributed by atoms with E-state index in [1.165, 1.54) is 0 Å². The second kappa shape index (κ2) is 10.3. The topological polar surface area (TPSA) is 42.5 Å². The van der Waals surface area contributed by atoms with Gasteiger partial charge in [0.05, 0.1) is 13.2 Å². The second-order valence-electron chi connectivity index (χ2n) is 4.49. The van der Waals surface area contributed by atoms with E-state index in [0.717, 1.165) is 22.9 Å². The summed E-state index contributed by atoms with van der Waals surface area (Å²) in [7, 11) is 0. The van der Waals surface area contributed by atoms with Crippen molar-refractivity contribution in [3.05, 3.63) is 48.5 Å². The van der Waals surface area contributed by atoms with Gasteiger partial charge in [-0.1, -0.05) is 0 Å². The third-order valence-electron chi connectivity index (χ3n) is 2.85. The van der Waals surface area contributed by atoms with Crippen molar-refractivity contribution >= 4 is 51.8 Å². The van der Waals surface area contributed by atoms with Crippen molar-refractivity contribution in [3.63, 3.8) is 0 Å². The molecule has 0 aliphatic carbocycles. The van der Waals surface area contributed by atoms with Gasteiger partial charge >= 0.3 is 23.1 Å². The zero-order valence-electron chi connectivity index (χ0n) is 15.5. The summed E-state index contributed by atoms with van der Waals surface area (Å²) in [5.74, 6) is 1.69. The molecule has 0 saturated carbocycles. The molecular weight excluding hydrogens is 321 g/mol. The molecular formula is C17H22MgN2O2S. The van der Waals surface area contributed by atoms with E-state index in [-0.39, 0.29) is 25.9 Å². The van der Waals surface area contributed by atoms with E-state index in [4.69, 9.17) is 21.7 Å². The van der Waals surface area contributed by atoms with E-state index >= 15 is 0 Å². The van der Waals surface area contributed by atoms with Gasteiger partial charge in [0.1, 0.15) is 11.5 Å². The number of benzene rings is 2. The van der Waals surface area contributed by atoms with Gasteiger partial charge in [-0.05, 0) is 74.6 Å². The molecule has 0 radical (unpaired) electrons. The molecule has 0 aromatic heterocycles. The summed E-state index contributed by atoms with van der Waals surface area (Å²) in [5.41, 5.74) is 1.82. The van der Waals surface area contributed by atoms with Gasteiger partial charge in [-0.2, -0.15) is 0 Å². The molecule has 0 fully saturated rings. The molecule has 0 aliphatic rings. The van der Waals surface area contributed by atoms with Gasteiger partial charge in [0.25, 0.3) is 0 Å². The maximum atomic E-state index is 5.40. The van der Waals surface area contributed by atoms with Gasteiger partial charge < -0.3 is 23.0 Å². The van der Waals surface area contributed by atoms with Gasteiger partial charge in [0, 0.05) is 11.4 Å². The van der Waals surface area contributed by atoms with Crippen LogP contribution in [-0.4, -0.2) is 41.4 Å². The minimum absolute atomic E-state index is 0. The van der Waals surface area contributed by atoms with Crippen molar-refractivity contribution in [2.45, 2.75) is 13.8 Å². The molecule has 2 N–H and O–H groups in total. The van der Waals surface area contributed by atoms with Crippen LogP contribution in [0.25, 0.3) is 0 Å². The van der Waals surface area contributed by atoms with Crippen molar-refractivity contribution in [1.29, 1.82) is 0 Å². The number of hydrogen-bond donors (Lipinski definition) is 2. The zero-order chi connectivity index (χ0) is 15.8. The van der Waals surface area contributed by atoms with Crippen LogP contribution < -0.4 is 20.1 Å². The van der Waals surface area contributed by atoms with E-state index in [0.29, 0.717) is 18.3 Å². The van der Waals surface area contributed by atoms with Crippen LogP contribution in [0.5, 0.6) is 11.5 Å². The summed E-state index contributed by atoms with van der Waals surface area (Å²) >= 11 is 5.30. The van der Waals surface area contributed by atoms with Crippen LogP contribution >= 0.6 is 12.2 Å². The molecule has 0 atom stereocenters. The molecule has 0 unspecified atom stereocenters. The van der Waals surface area contributed by atoms with Crippen LogP contribution in [0, 0.1) is 0 Å². The molecule has 0 amide bonds. The summed E-state index contributed by atoms with van der Waals surface area (Å²) in [6.07, 6.45) is 0. The van der Waals surface area contributed by atoms with Gasteiger partial charge in [-0.25, -0.2) is 0 Å². The number of thiocarbonyl (C=S) groups is 1. The fraction of sp³-hybridized carbons (Fsp3) is 0.235. The van der Waals surface area contributed by atoms with Crippen LogP contribution in [0.2, 0.25) is 0 Å². The average molecular weight is 343 g/mol. The molecule has 2 aromatic carbocycles. The summed E-state index contributed by atoms with van der Waals surface area (Å²) in [6.45, 7) is 5.24. The fourth-order valence-electron chi connectivity index (χ4n) is 1.90. The Bertz CT molecular complexity index is 560. The summed E-state index contributed by atoms with van der Waals surface area (Å²) in [5, 5.41) is 6.80. The Morgan fingerprint density at radius 3 is 1.48 bits per heavy atom. The Morgan fingerprint density at radius 2 is 1.17 bits per heavy atom. The molecule has 2 aromatic rings. The number of ether oxygens (including phenoxy) is 2. The molecule has 4 nitrogen and oxygen atoms in total. The maximum absolute atomic E-state index is 5.40. The molecule has 0 aliphatic heterocycles. The monoisotopic (exact) mass is 342 g/mol. The third-order valence-corrected chi connectivity index (χ3v) is 3.05. The first kappa shape index (κ1) is 19.5. The minimum atomic E-state index is 0. The number of nitrogens with one attached hydrogen (secondary N) is 2. The standard InChI is InChI=1S/C17H20N2O2S.Mg.2H/c1-3-20-15-9-5-13(6-10-15)18-17(22)19-14-7-11-16(12-8-14)21-4-2;;;/h5-12H,3-4H2,1-2H3,(H2,18,19,22);;;/q;+2;2*-1. The number of hydrogen-bond acceptors (Lipinski definition) is 3. The molecule has 2 rings (SSSR count). The van der Waals surface area contributed by atoms with Crippen molar-refractivity contribution in [3.8, 4) is 11.5 Å². The molecule has 23 heavy (non-hydrogen) atoms. The smallest absolute Gasteiger partial charge is 1.00 e. The van der Waals surface area contributed by atoms with Crippen molar-refractivity contribution in [1.82, 2.24) is 0 Å². The zero-order valence-corrected chi connectivity index (χ0v) is 15.7. The van der Waals surface area contributed by atoms with E-state index in [1.54, 1.807) is 0 Å². The van der Waals surface area contributed by atoms with Crippen molar-refractivity contribution in [2.75, 3.05) is 23.8 Å². The summed E-state index contributed by atoms with van der Waals surface area (Å²) in [6, 6.07) is 15.3. The van der Waals surface area contributed by atoms with E-state index in [2.05, 4.69) is 10.6 Å². The average Bonchev–Trinajstić information content (AvgIpc) is 2.52. The summed E-state index contributed by atoms with van der Waals surface area (Å²) < 4.78 is 10.8. The van der Waals surface area contributed by atoms with Crippen molar-refractivity contribution < 1.29 is 12.3 Å². The molecule has 6 heteroatoms. The molecule has 0 bridgehead atoms. The Labute approximate surface area is 161 Å². The first-order chi connectivity index (χ1) is 10.7.